The van der Waals surface area contributed by atoms with Gasteiger partial charge in [0.2, 0.25) is 0 Å². The zero-order valence-corrected chi connectivity index (χ0v) is 11.8. The van der Waals surface area contributed by atoms with E-state index in [2.05, 4.69) is 4.98 Å². The molecule has 0 aliphatic carbocycles. The van der Waals surface area contributed by atoms with E-state index in [4.69, 9.17) is 4.74 Å². The maximum Gasteiger partial charge on any atom is 0.182 e. The molecule has 0 radical (unpaired) electrons. The maximum atomic E-state index is 11.8. The number of hydrogen-bond donors (Lipinski definition) is 0. The molecule has 2 heterocycles. The Hall–Kier alpha value is -0.740. The normalized spacial score (nSPS) is 16.9. The predicted octanol–water partition coefficient (Wildman–Crippen LogP) is 3.62. The molecule has 0 spiro atoms. The summed E-state index contributed by atoms with van der Waals surface area (Å²) in [4.78, 5) is 16.1. The van der Waals surface area contributed by atoms with Crippen LogP contribution < -0.4 is 0 Å². The molecule has 0 atom stereocenters. The third-order valence-electron chi connectivity index (χ3n) is 3.51. The van der Waals surface area contributed by atoms with Crippen LogP contribution in [-0.4, -0.2) is 24.0 Å². The molecule has 1 aromatic heterocycles. The molecule has 0 unspecified atom stereocenters. The number of aryl methyl sites for hydroxylation is 1. The lowest BCUT2D eigenvalue weighted by Gasteiger charge is -2.21. The minimum absolute atomic E-state index is 0.200. The minimum Gasteiger partial charge on any atom is -0.381 e. The van der Waals surface area contributed by atoms with Crippen LogP contribution in [0, 0.1) is 12.8 Å². The molecule has 100 valence electrons. The van der Waals surface area contributed by atoms with E-state index in [0.29, 0.717) is 12.1 Å². The number of Topliss-reactive ketones (excluding diaryl/α,β-unsaturated/α-hetero) is 1. The monoisotopic (exact) mass is 267 g/mol. The quantitative estimate of drug-likeness (QED) is 0.583. The first-order chi connectivity index (χ1) is 8.75. The largest absolute Gasteiger partial charge is 0.381 e. The van der Waals surface area contributed by atoms with Gasteiger partial charge in [0, 0.05) is 25.0 Å². The van der Waals surface area contributed by atoms with Crippen molar-refractivity contribution in [3.05, 3.63) is 16.1 Å². The molecule has 0 N–H and O–H groups in total. The second kappa shape index (κ2) is 7.00. The van der Waals surface area contributed by atoms with Crippen LogP contribution in [0.5, 0.6) is 0 Å². The molecule has 1 aliphatic heterocycles. The maximum absolute atomic E-state index is 11.8. The van der Waals surface area contributed by atoms with Crippen LogP contribution in [0.2, 0.25) is 0 Å². The number of unbranched alkanes of at least 4 members (excludes halogenated alkanes) is 1. The summed E-state index contributed by atoms with van der Waals surface area (Å²) >= 11 is 1.55. The Morgan fingerprint density at radius 2 is 2.22 bits per heavy atom. The molecule has 1 fully saturated rings. The molecular formula is C14H21NO2S. The van der Waals surface area contributed by atoms with Gasteiger partial charge >= 0.3 is 0 Å². The first kappa shape index (κ1) is 13.7. The van der Waals surface area contributed by atoms with Crippen LogP contribution in [0.15, 0.2) is 5.38 Å². The molecule has 2 rings (SSSR count). The number of thiazole rings is 1. The Bertz CT molecular complexity index is 383. The van der Waals surface area contributed by atoms with Crippen molar-refractivity contribution in [3.63, 3.8) is 0 Å². The van der Waals surface area contributed by atoms with Crippen molar-refractivity contribution in [2.24, 2.45) is 5.92 Å². The third kappa shape index (κ3) is 4.18. The zero-order valence-electron chi connectivity index (χ0n) is 11.0. The summed E-state index contributed by atoms with van der Waals surface area (Å²) in [7, 11) is 0. The average molecular weight is 267 g/mol. The average Bonchev–Trinajstić information content (AvgIpc) is 2.82. The van der Waals surface area contributed by atoms with Crippen molar-refractivity contribution >= 4 is 17.1 Å². The number of ether oxygens (including phenoxy) is 1. The van der Waals surface area contributed by atoms with Crippen LogP contribution in [-0.2, 0) is 4.74 Å². The standard InChI is InChI=1S/C14H21NO2S/c1-11-15-13(10-18-11)14(16)5-3-2-4-12-6-8-17-9-7-12/h10,12H,2-9H2,1H3. The molecule has 1 saturated heterocycles. The fourth-order valence-electron chi connectivity index (χ4n) is 2.37. The number of carbonyl (C=O) groups is 1. The Kier molecular flexibility index (Phi) is 5.32. The lowest BCUT2D eigenvalue weighted by Crippen LogP contribution is -2.15. The highest BCUT2D eigenvalue weighted by Gasteiger charge is 2.14. The van der Waals surface area contributed by atoms with Gasteiger partial charge in [0.1, 0.15) is 5.69 Å². The van der Waals surface area contributed by atoms with Gasteiger partial charge in [-0.3, -0.25) is 4.79 Å². The molecule has 0 aromatic carbocycles. The number of carbonyl (C=O) groups excluding carboxylic acids is 1. The minimum atomic E-state index is 0.200. The lowest BCUT2D eigenvalue weighted by molar-refractivity contribution is 0.0630. The second-order valence-corrected chi connectivity index (χ2v) is 6.04. The highest BCUT2D eigenvalue weighted by atomic mass is 32.1. The molecule has 0 saturated carbocycles. The zero-order chi connectivity index (χ0) is 12.8. The lowest BCUT2D eigenvalue weighted by atomic mass is 9.93. The van der Waals surface area contributed by atoms with Gasteiger partial charge < -0.3 is 4.74 Å². The highest BCUT2D eigenvalue weighted by molar-refractivity contribution is 7.09. The van der Waals surface area contributed by atoms with Gasteiger partial charge in [0.05, 0.1) is 5.01 Å². The van der Waals surface area contributed by atoms with Crippen molar-refractivity contribution in [3.8, 4) is 0 Å². The van der Waals surface area contributed by atoms with E-state index >= 15 is 0 Å². The summed E-state index contributed by atoms with van der Waals surface area (Å²) in [5.74, 6) is 1.02. The number of aromatic nitrogens is 1. The molecule has 3 nitrogen and oxygen atoms in total. The van der Waals surface area contributed by atoms with Crippen molar-refractivity contribution in [2.45, 2.75) is 45.4 Å². The van der Waals surface area contributed by atoms with Gasteiger partial charge in [-0.05, 0) is 32.1 Å². The fraction of sp³-hybridized carbons (Fsp3) is 0.714. The summed E-state index contributed by atoms with van der Waals surface area (Å²) in [6.45, 7) is 3.77. The van der Waals surface area contributed by atoms with Crippen LogP contribution in [0.1, 0.15) is 54.0 Å². The van der Waals surface area contributed by atoms with Gasteiger partial charge in [-0.15, -0.1) is 11.3 Å². The summed E-state index contributed by atoms with van der Waals surface area (Å²) in [5, 5.41) is 2.84. The van der Waals surface area contributed by atoms with Gasteiger partial charge in [-0.25, -0.2) is 4.98 Å². The van der Waals surface area contributed by atoms with Crippen molar-refractivity contribution in [1.29, 1.82) is 0 Å². The number of hydrogen-bond acceptors (Lipinski definition) is 4. The Balaban J connectivity index is 1.61. The highest BCUT2D eigenvalue weighted by Crippen LogP contribution is 2.21. The number of rotatable bonds is 6. The SMILES string of the molecule is Cc1nc(C(=O)CCCCC2CCOCC2)cs1. The van der Waals surface area contributed by atoms with Crippen LogP contribution in [0.25, 0.3) is 0 Å². The van der Waals surface area contributed by atoms with Gasteiger partial charge in [0.25, 0.3) is 0 Å². The third-order valence-corrected chi connectivity index (χ3v) is 4.29. The molecule has 1 aromatic rings. The second-order valence-electron chi connectivity index (χ2n) is 4.98. The Morgan fingerprint density at radius 3 is 2.89 bits per heavy atom. The fourth-order valence-corrected chi connectivity index (χ4v) is 2.99. The topological polar surface area (TPSA) is 39.2 Å². The van der Waals surface area contributed by atoms with Crippen molar-refractivity contribution < 1.29 is 9.53 Å². The van der Waals surface area contributed by atoms with E-state index < -0.39 is 0 Å². The van der Waals surface area contributed by atoms with E-state index in [1.54, 1.807) is 11.3 Å². The van der Waals surface area contributed by atoms with Crippen LogP contribution >= 0.6 is 11.3 Å². The van der Waals surface area contributed by atoms with Crippen LogP contribution in [0.4, 0.5) is 0 Å². The van der Waals surface area contributed by atoms with E-state index in [0.717, 1.165) is 37.0 Å². The van der Waals surface area contributed by atoms with Crippen molar-refractivity contribution in [2.75, 3.05) is 13.2 Å². The van der Waals surface area contributed by atoms with E-state index in [9.17, 15) is 4.79 Å². The van der Waals surface area contributed by atoms with Crippen molar-refractivity contribution in [1.82, 2.24) is 4.98 Å². The van der Waals surface area contributed by atoms with Gasteiger partial charge in [-0.1, -0.05) is 12.8 Å². The Labute approximate surface area is 113 Å². The molecule has 4 heteroatoms. The first-order valence-corrected chi connectivity index (χ1v) is 7.67. The molecule has 1 aliphatic rings. The summed E-state index contributed by atoms with van der Waals surface area (Å²) in [6.07, 6.45) is 6.42. The first-order valence-electron chi connectivity index (χ1n) is 6.79. The molecule has 18 heavy (non-hydrogen) atoms. The van der Waals surface area contributed by atoms with Crippen LogP contribution in [0.3, 0.4) is 0 Å². The van der Waals surface area contributed by atoms with Gasteiger partial charge in [0.15, 0.2) is 5.78 Å². The number of ketones is 1. The van der Waals surface area contributed by atoms with E-state index in [-0.39, 0.29) is 5.78 Å². The molecule has 0 amide bonds. The summed E-state index contributed by atoms with van der Waals surface area (Å²) < 4.78 is 5.34. The van der Waals surface area contributed by atoms with E-state index in [1.165, 1.54) is 19.3 Å². The predicted molar refractivity (Wildman–Crippen MR) is 73.2 cm³/mol. The van der Waals surface area contributed by atoms with E-state index in [1.807, 2.05) is 12.3 Å². The Morgan fingerprint density at radius 1 is 1.44 bits per heavy atom. The molecule has 0 bridgehead atoms. The smallest absolute Gasteiger partial charge is 0.182 e. The summed E-state index contributed by atoms with van der Waals surface area (Å²) in [6, 6.07) is 0. The van der Waals surface area contributed by atoms with Gasteiger partial charge in [-0.2, -0.15) is 0 Å². The molecular weight excluding hydrogens is 246 g/mol. The number of nitrogens with zero attached hydrogens (tertiary/aromatic N) is 1. The summed E-state index contributed by atoms with van der Waals surface area (Å²) in [5.41, 5.74) is 0.656.